The second-order valence-electron chi connectivity index (χ2n) is 4.04. The van der Waals surface area contributed by atoms with Gasteiger partial charge in [0.15, 0.2) is 0 Å². The third-order valence-electron chi connectivity index (χ3n) is 2.64. The van der Waals surface area contributed by atoms with Crippen molar-refractivity contribution >= 4 is 33.4 Å². The normalized spacial score (nSPS) is 21.3. The van der Waals surface area contributed by atoms with E-state index in [9.17, 15) is 0 Å². The van der Waals surface area contributed by atoms with Gasteiger partial charge in [-0.3, -0.25) is 0 Å². The smallest absolute Gasteiger partial charge is 0.0489 e. The standard InChI is InChI=1S/C12H16BrNS/c1-9-4-5-11(13)12(7-9)14-10-3-2-6-15-8-10/h4-5,7,10,14H,2-3,6,8H2,1H3/t10-/m1/s1. The summed E-state index contributed by atoms with van der Waals surface area (Å²) in [6.07, 6.45) is 2.64. The highest BCUT2D eigenvalue weighted by Crippen LogP contribution is 2.27. The van der Waals surface area contributed by atoms with Gasteiger partial charge in [0.05, 0.1) is 0 Å². The van der Waals surface area contributed by atoms with Crippen LogP contribution >= 0.6 is 27.7 Å². The maximum Gasteiger partial charge on any atom is 0.0489 e. The van der Waals surface area contributed by atoms with Crippen LogP contribution < -0.4 is 5.32 Å². The van der Waals surface area contributed by atoms with Crippen molar-refractivity contribution in [1.29, 1.82) is 0 Å². The quantitative estimate of drug-likeness (QED) is 0.879. The Morgan fingerprint density at radius 3 is 3.07 bits per heavy atom. The molecule has 15 heavy (non-hydrogen) atoms. The predicted molar refractivity (Wildman–Crippen MR) is 72.8 cm³/mol. The summed E-state index contributed by atoms with van der Waals surface area (Å²) in [5.41, 5.74) is 2.55. The summed E-state index contributed by atoms with van der Waals surface area (Å²) in [4.78, 5) is 0. The first-order chi connectivity index (χ1) is 7.25. The first kappa shape index (κ1) is 11.3. The van der Waals surface area contributed by atoms with Gasteiger partial charge >= 0.3 is 0 Å². The Bertz CT molecular complexity index is 334. The van der Waals surface area contributed by atoms with E-state index in [4.69, 9.17) is 0 Å². The Morgan fingerprint density at radius 2 is 2.33 bits per heavy atom. The third-order valence-corrected chi connectivity index (χ3v) is 4.55. The average molecular weight is 286 g/mol. The molecule has 1 saturated heterocycles. The van der Waals surface area contributed by atoms with Gasteiger partial charge in [0.25, 0.3) is 0 Å². The second-order valence-corrected chi connectivity index (χ2v) is 6.05. The van der Waals surface area contributed by atoms with Crippen LogP contribution in [0.4, 0.5) is 5.69 Å². The van der Waals surface area contributed by atoms with Crippen LogP contribution in [0.5, 0.6) is 0 Å². The van der Waals surface area contributed by atoms with E-state index in [1.54, 1.807) is 0 Å². The summed E-state index contributed by atoms with van der Waals surface area (Å²) in [5.74, 6) is 2.56. The molecule has 0 aromatic heterocycles. The van der Waals surface area contributed by atoms with Crippen LogP contribution in [-0.2, 0) is 0 Å². The SMILES string of the molecule is Cc1ccc(Br)c(N[C@@H]2CCCSC2)c1. The fourth-order valence-corrected chi connectivity index (χ4v) is 3.26. The fraction of sp³-hybridized carbons (Fsp3) is 0.500. The van der Waals surface area contributed by atoms with Gasteiger partial charge < -0.3 is 5.32 Å². The van der Waals surface area contributed by atoms with Crippen molar-refractivity contribution in [3.63, 3.8) is 0 Å². The number of thioether (sulfide) groups is 1. The van der Waals surface area contributed by atoms with Crippen molar-refractivity contribution in [3.8, 4) is 0 Å². The molecule has 0 amide bonds. The maximum absolute atomic E-state index is 3.62. The number of rotatable bonds is 2. The van der Waals surface area contributed by atoms with E-state index in [-0.39, 0.29) is 0 Å². The van der Waals surface area contributed by atoms with Crippen molar-refractivity contribution in [2.75, 3.05) is 16.8 Å². The van der Waals surface area contributed by atoms with Crippen LogP contribution in [0.2, 0.25) is 0 Å². The number of hydrogen-bond acceptors (Lipinski definition) is 2. The lowest BCUT2D eigenvalue weighted by Crippen LogP contribution is -2.25. The van der Waals surface area contributed by atoms with E-state index in [1.165, 1.54) is 40.1 Å². The Labute approximate surface area is 104 Å². The van der Waals surface area contributed by atoms with E-state index >= 15 is 0 Å². The van der Waals surface area contributed by atoms with E-state index in [0.717, 1.165) is 0 Å². The molecule has 0 saturated carbocycles. The summed E-state index contributed by atoms with van der Waals surface area (Å²) in [5, 5.41) is 3.62. The molecule has 1 aromatic carbocycles. The largest absolute Gasteiger partial charge is 0.381 e. The lowest BCUT2D eigenvalue weighted by atomic mass is 10.1. The van der Waals surface area contributed by atoms with Crippen LogP contribution in [0.25, 0.3) is 0 Å². The summed E-state index contributed by atoms with van der Waals surface area (Å²) in [6.45, 7) is 2.13. The minimum Gasteiger partial charge on any atom is -0.381 e. The van der Waals surface area contributed by atoms with Crippen molar-refractivity contribution in [2.45, 2.75) is 25.8 Å². The van der Waals surface area contributed by atoms with Crippen molar-refractivity contribution in [2.24, 2.45) is 0 Å². The molecule has 3 heteroatoms. The van der Waals surface area contributed by atoms with Crippen LogP contribution in [0.3, 0.4) is 0 Å². The van der Waals surface area contributed by atoms with E-state index in [2.05, 4.69) is 58.1 Å². The molecular weight excluding hydrogens is 270 g/mol. The van der Waals surface area contributed by atoms with Gasteiger partial charge in [-0.05, 0) is 59.1 Å². The van der Waals surface area contributed by atoms with Gasteiger partial charge in [0.1, 0.15) is 0 Å². The van der Waals surface area contributed by atoms with Crippen LogP contribution in [-0.4, -0.2) is 17.5 Å². The van der Waals surface area contributed by atoms with Gasteiger partial charge in [-0.15, -0.1) is 0 Å². The van der Waals surface area contributed by atoms with E-state index in [0.29, 0.717) is 6.04 Å². The average Bonchev–Trinajstić information content (AvgIpc) is 2.25. The minimum atomic E-state index is 0.641. The number of benzene rings is 1. The molecule has 1 N–H and O–H groups in total. The zero-order chi connectivity index (χ0) is 10.7. The molecule has 0 spiro atoms. The summed E-state index contributed by atoms with van der Waals surface area (Å²) >= 11 is 5.64. The molecule has 0 radical (unpaired) electrons. The van der Waals surface area contributed by atoms with Crippen LogP contribution in [0.15, 0.2) is 22.7 Å². The summed E-state index contributed by atoms with van der Waals surface area (Å²) < 4.78 is 1.17. The fourth-order valence-electron chi connectivity index (χ4n) is 1.82. The summed E-state index contributed by atoms with van der Waals surface area (Å²) in [6, 6.07) is 7.10. The number of halogens is 1. The highest BCUT2D eigenvalue weighted by molar-refractivity contribution is 9.10. The topological polar surface area (TPSA) is 12.0 Å². The van der Waals surface area contributed by atoms with Gasteiger partial charge in [0, 0.05) is 22.0 Å². The molecule has 0 unspecified atom stereocenters. The number of anilines is 1. The first-order valence-corrected chi connectivity index (χ1v) is 7.31. The van der Waals surface area contributed by atoms with Crippen LogP contribution in [0.1, 0.15) is 18.4 Å². The van der Waals surface area contributed by atoms with Crippen LogP contribution in [0, 0.1) is 6.92 Å². The van der Waals surface area contributed by atoms with Crippen molar-refractivity contribution in [1.82, 2.24) is 0 Å². The predicted octanol–water partition coefficient (Wildman–Crippen LogP) is 4.07. The maximum atomic E-state index is 3.62. The molecular formula is C12H16BrNS. The molecule has 1 fully saturated rings. The molecule has 1 aromatic rings. The molecule has 1 heterocycles. The van der Waals surface area contributed by atoms with E-state index < -0.39 is 0 Å². The zero-order valence-corrected chi connectivity index (χ0v) is 11.3. The molecule has 0 bridgehead atoms. The minimum absolute atomic E-state index is 0.641. The highest BCUT2D eigenvalue weighted by atomic mass is 79.9. The molecule has 1 atom stereocenters. The highest BCUT2D eigenvalue weighted by Gasteiger charge is 2.14. The molecule has 1 aliphatic rings. The summed E-state index contributed by atoms with van der Waals surface area (Å²) in [7, 11) is 0. The molecule has 1 nitrogen and oxygen atoms in total. The lowest BCUT2D eigenvalue weighted by molar-refractivity contribution is 0.685. The van der Waals surface area contributed by atoms with Gasteiger partial charge in [0.2, 0.25) is 0 Å². The van der Waals surface area contributed by atoms with Crippen molar-refractivity contribution in [3.05, 3.63) is 28.2 Å². The molecule has 0 aliphatic carbocycles. The Morgan fingerprint density at radius 1 is 1.47 bits per heavy atom. The Balaban J connectivity index is 2.05. The van der Waals surface area contributed by atoms with Gasteiger partial charge in [-0.25, -0.2) is 0 Å². The molecule has 1 aliphatic heterocycles. The van der Waals surface area contributed by atoms with Gasteiger partial charge in [-0.2, -0.15) is 11.8 Å². The lowest BCUT2D eigenvalue weighted by Gasteiger charge is -2.24. The third kappa shape index (κ3) is 3.15. The Hall–Kier alpha value is -0.150. The number of aryl methyl sites for hydroxylation is 1. The second kappa shape index (κ2) is 5.26. The Kier molecular flexibility index (Phi) is 3.98. The molecule has 2 rings (SSSR count). The zero-order valence-electron chi connectivity index (χ0n) is 8.92. The number of hydrogen-bond donors (Lipinski definition) is 1. The first-order valence-electron chi connectivity index (χ1n) is 5.36. The van der Waals surface area contributed by atoms with Gasteiger partial charge in [-0.1, -0.05) is 6.07 Å². The van der Waals surface area contributed by atoms with Crippen molar-refractivity contribution < 1.29 is 0 Å². The molecule has 82 valence electrons. The number of nitrogens with one attached hydrogen (secondary N) is 1. The van der Waals surface area contributed by atoms with E-state index in [1.807, 2.05) is 0 Å². The monoisotopic (exact) mass is 285 g/mol.